The molecule has 1 rings (SSSR count). The van der Waals surface area contributed by atoms with Crippen LogP contribution in [0.5, 0.6) is 0 Å². The van der Waals surface area contributed by atoms with Crippen LogP contribution in [0.3, 0.4) is 0 Å². The largest absolute Gasteiger partial charge is 0.454 e. The molecule has 1 heterocycles. The molecule has 1 saturated heterocycles. The third-order valence-corrected chi connectivity index (χ3v) is 14.1. The van der Waals surface area contributed by atoms with Crippen LogP contribution in [0.25, 0.3) is 0 Å². The second kappa shape index (κ2) is 51.8. The van der Waals surface area contributed by atoms with Gasteiger partial charge in [0.1, 0.15) is 24.4 Å². The van der Waals surface area contributed by atoms with E-state index in [1.165, 1.54) is 96.3 Å². The van der Waals surface area contributed by atoms with Crippen LogP contribution in [0.4, 0.5) is 0 Å². The van der Waals surface area contributed by atoms with Crippen molar-refractivity contribution in [3.8, 4) is 0 Å². The molecule has 0 aromatic heterocycles. The van der Waals surface area contributed by atoms with Gasteiger partial charge in [-0.3, -0.25) is 9.59 Å². The lowest BCUT2D eigenvalue weighted by molar-refractivity contribution is -0.305. The molecule has 0 spiro atoms. The van der Waals surface area contributed by atoms with Gasteiger partial charge < -0.3 is 45.1 Å². The van der Waals surface area contributed by atoms with E-state index in [0.29, 0.717) is 19.3 Å². The third-order valence-electron chi connectivity index (χ3n) is 14.1. The molecule has 0 saturated carbocycles. The average molecular weight is 1060 g/mol. The zero-order valence-electron chi connectivity index (χ0n) is 47.9. The van der Waals surface area contributed by atoms with Gasteiger partial charge in [0.2, 0.25) is 5.91 Å². The van der Waals surface area contributed by atoms with Crippen LogP contribution in [0, 0.1) is 0 Å². The number of esters is 1. The van der Waals surface area contributed by atoms with Crippen LogP contribution in [0.2, 0.25) is 0 Å². The highest BCUT2D eigenvalue weighted by molar-refractivity contribution is 5.80. The first-order valence-electron chi connectivity index (χ1n) is 30.7. The summed E-state index contributed by atoms with van der Waals surface area (Å²) in [4.78, 5) is 26.5. The molecule has 75 heavy (non-hydrogen) atoms. The van der Waals surface area contributed by atoms with Crippen molar-refractivity contribution in [1.29, 1.82) is 0 Å². The highest BCUT2D eigenvalue weighted by Gasteiger charge is 2.47. The molecule has 0 aliphatic carbocycles. The fraction of sp³-hybridized carbons (Fsp3) is 0.781. The van der Waals surface area contributed by atoms with Crippen molar-refractivity contribution in [2.45, 2.75) is 307 Å². The molecule has 0 radical (unpaired) electrons. The lowest BCUT2D eigenvalue weighted by atomic mass is 9.99. The van der Waals surface area contributed by atoms with Gasteiger partial charge in [-0.1, -0.05) is 254 Å². The van der Waals surface area contributed by atoms with E-state index in [4.69, 9.17) is 14.2 Å². The molecule has 11 heteroatoms. The first kappa shape index (κ1) is 70.1. The number of aliphatic hydroxyl groups is 5. The monoisotopic (exact) mass is 1060 g/mol. The molecule has 434 valence electrons. The average Bonchev–Trinajstić information content (AvgIpc) is 3.41. The highest BCUT2D eigenvalue weighted by atomic mass is 16.7. The zero-order chi connectivity index (χ0) is 54.7. The van der Waals surface area contributed by atoms with Crippen LogP contribution in [0.15, 0.2) is 72.9 Å². The summed E-state index contributed by atoms with van der Waals surface area (Å²) in [7, 11) is 0. The minimum atomic E-state index is -1.62. The molecule has 6 N–H and O–H groups in total. The normalized spacial score (nSPS) is 19.7. The van der Waals surface area contributed by atoms with Crippen molar-refractivity contribution in [3.63, 3.8) is 0 Å². The predicted molar refractivity (Wildman–Crippen MR) is 310 cm³/mol. The molecule has 0 bridgehead atoms. The maximum absolute atomic E-state index is 13.4. The number of rotatable bonds is 51. The van der Waals surface area contributed by atoms with Gasteiger partial charge in [-0.05, 0) is 70.6 Å². The van der Waals surface area contributed by atoms with Gasteiger partial charge >= 0.3 is 5.97 Å². The van der Waals surface area contributed by atoms with E-state index in [1.54, 1.807) is 6.08 Å². The Bertz CT molecular complexity index is 1490. The van der Waals surface area contributed by atoms with Crippen molar-refractivity contribution in [2.75, 3.05) is 13.2 Å². The van der Waals surface area contributed by atoms with Crippen molar-refractivity contribution in [3.05, 3.63) is 72.9 Å². The summed E-state index contributed by atoms with van der Waals surface area (Å²) in [5, 5.41) is 56.9. The molecule has 1 amide bonds. The number of nitrogens with one attached hydrogen (secondary N) is 1. The van der Waals surface area contributed by atoms with Gasteiger partial charge in [0.25, 0.3) is 0 Å². The van der Waals surface area contributed by atoms with E-state index in [1.807, 2.05) is 6.08 Å². The van der Waals surface area contributed by atoms with E-state index >= 15 is 0 Å². The van der Waals surface area contributed by atoms with E-state index in [0.717, 1.165) is 116 Å². The topological polar surface area (TPSA) is 175 Å². The molecule has 0 aromatic rings. The lowest BCUT2D eigenvalue weighted by Gasteiger charge is -2.41. The number of aliphatic hydroxyl groups excluding tert-OH is 5. The number of allylic oxidation sites excluding steroid dienone is 11. The molecule has 8 atom stereocenters. The smallest absolute Gasteiger partial charge is 0.306 e. The van der Waals surface area contributed by atoms with E-state index in [9.17, 15) is 35.1 Å². The van der Waals surface area contributed by atoms with Gasteiger partial charge in [0.15, 0.2) is 12.4 Å². The first-order chi connectivity index (χ1) is 36.7. The molecule has 11 nitrogen and oxygen atoms in total. The number of unbranched alkanes of at least 4 members (excludes halogenated alkanes) is 27. The number of carbonyl (C=O) groups is 2. The number of carbonyl (C=O) groups excluding carboxylic acids is 2. The standard InChI is InChI=1S/C64H113NO10/c1-4-7-10-13-16-19-22-24-25-26-27-28-29-30-31-32-33-34-37-40-43-46-49-52-59(69)75-62-61(71)60(70)58(53-66)74-64(62)73-54-55(56(67)50-47-44-41-38-35-21-18-15-12-9-6-3)65-63(72)57(68)51-48-45-42-39-36-23-20-17-14-11-8-5-2/h7,10,16,19,24-25,27-28,30-31,47,50,55-58,60-62,64,66-68,70-71H,4-6,8-9,11-15,17-18,20-23,26,29,32-46,48-49,51-54H2,1-3H3,(H,65,72)/b10-7-,19-16-,25-24-,28-27-,31-30-,50-47+. The fourth-order valence-electron chi connectivity index (χ4n) is 9.27. The molecule has 0 aromatic carbocycles. The van der Waals surface area contributed by atoms with Gasteiger partial charge in [0, 0.05) is 6.42 Å². The SMILES string of the molecule is CC/C=C\C/C=C\C/C=C\C/C=C\C/C=C\CCCCCCCCCC(=O)OC1C(OCC(NC(=O)C(O)CCCCCCCCCCCCCC)C(O)/C=C/CCCCCCCCCCC)OC(CO)C(O)C1O. The molecule has 8 unspecified atom stereocenters. The molecular formula is C64H113NO10. The number of hydrogen-bond donors (Lipinski definition) is 6. The van der Waals surface area contributed by atoms with Crippen molar-refractivity contribution >= 4 is 11.9 Å². The summed E-state index contributed by atoms with van der Waals surface area (Å²) >= 11 is 0. The number of amides is 1. The van der Waals surface area contributed by atoms with E-state index in [2.05, 4.69) is 86.8 Å². The summed E-state index contributed by atoms with van der Waals surface area (Å²) in [6.07, 6.45) is 55.1. The first-order valence-corrected chi connectivity index (χ1v) is 30.7. The van der Waals surface area contributed by atoms with Crippen LogP contribution in [-0.2, 0) is 23.8 Å². The summed E-state index contributed by atoms with van der Waals surface area (Å²) in [6, 6.07) is -1.02. The summed E-state index contributed by atoms with van der Waals surface area (Å²) < 4.78 is 17.6. The minimum Gasteiger partial charge on any atom is -0.454 e. The Kier molecular flexibility index (Phi) is 48.5. The maximum Gasteiger partial charge on any atom is 0.306 e. The Hall–Kier alpha value is -2.90. The highest BCUT2D eigenvalue weighted by Crippen LogP contribution is 2.26. The van der Waals surface area contributed by atoms with Crippen molar-refractivity contribution in [1.82, 2.24) is 5.32 Å². The minimum absolute atomic E-state index is 0.109. The maximum atomic E-state index is 13.4. The Morgan fingerprint density at radius 2 is 0.960 bits per heavy atom. The van der Waals surface area contributed by atoms with E-state index < -0.39 is 67.4 Å². The van der Waals surface area contributed by atoms with Crippen LogP contribution in [0.1, 0.15) is 258 Å². The number of hydrogen-bond acceptors (Lipinski definition) is 10. The Balaban J connectivity index is 2.63. The second-order valence-corrected chi connectivity index (χ2v) is 21.1. The Morgan fingerprint density at radius 1 is 0.533 bits per heavy atom. The Morgan fingerprint density at radius 3 is 1.44 bits per heavy atom. The quantitative estimate of drug-likeness (QED) is 0.0195. The van der Waals surface area contributed by atoms with Crippen LogP contribution >= 0.6 is 0 Å². The van der Waals surface area contributed by atoms with Crippen LogP contribution < -0.4 is 5.32 Å². The summed E-state index contributed by atoms with van der Waals surface area (Å²) in [5.74, 6) is -1.20. The zero-order valence-corrected chi connectivity index (χ0v) is 47.9. The van der Waals surface area contributed by atoms with E-state index in [-0.39, 0.29) is 13.0 Å². The molecular weight excluding hydrogens is 943 g/mol. The number of ether oxygens (including phenoxy) is 3. The predicted octanol–water partition coefficient (Wildman–Crippen LogP) is 14.4. The molecule has 1 aliphatic rings. The summed E-state index contributed by atoms with van der Waals surface area (Å²) in [6.45, 7) is 5.65. The van der Waals surface area contributed by atoms with Crippen molar-refractivity contribution in [2.24, 2.45) is 0 Å². The van der Waals surface area contributed by atoms with Gasteiger partial charge in [0.05, 0.1) is 25.4 Å². The van der Waals surface area contributed by atoms with Gasteiger partial charge in [-0.2, -0.15) is 0 Å². The van der Waals surface area contributed by atoms with Crippen LogP contribution in [-0.4, -0.2) is 99.6 Å². The fourth-order valence-corrected chi connectivity index (χ4v) is 9.27. The molecule has 1 aliphatic heterocycles. The van der Waals surface area contributed by atoms with Gasteiger partial charge in [-0.25, -0.2) is 0 Å². The third kappa shape index (κ3) is 40.0. The Labute approximate surface area is 458 Å². The lowest BCUT2D eigenvalue weighted by Crippen LogP contribution is -2.61. The van der Waals surface area contributed by atoms with Gasteiger partial charge in [-0.15, -0.1) is 0 Å². The summed E-state index contributed by atoms with van der Waals surface area (Å²) in [5.41, 5.74) is 0. The molecule has 1 fully saturated rings. The second-order valence-electron chi connectivity index (χ2n) is 21.1. The van der Waals surface area contributed by atoms with Crippen molar-refractivity contribution < 1.29 is 49.3 Å².